The van der Waals surface area contributed by atoms with Crippen molar-refractivity contribution in [3.05, 3.63) is 60.2 Å². The van der Waals surface area contributed by atoms with Gasteiger partial charge in [-0.1, -0.05) is 50.6 Å². The Bertz CT molecular complexity index is 993. The van der Waals surface area contributed by atoms with Gasteiger partial charge < -0.3 is 29.9 Å². The molecule has 1 saturated heterocycles. The second-order valence-corrected chi connectivity index (χ2v) is 8.96. The standard InChI is InChI=1S/C27H36N4O5/c1-4-20(2)25(29-27(34)36-19-21-8-6-5-7-9-21)26(33)30(3)18-24(32)28-22-10-12-23(13-11-22)31-14-16-35-17-15-31/h5-13,20,25H,4,14-19H2,1-3H3,(H,28,32)(H,29,34)/t20-,25-/m0/s1. The fourth-order valence-electron chi connectivity index (χ4n) is 3.88. The average molecular weight is 497 g/mol. The number of anilines is 2. The summed E-state index contributed by atoms with van der Waals surface area (Å²) in [5.41, 5.74) is 2.58. The van der Waals surface area contributed by atoms with E-state index in [0.29, 0.717) is 25.3 Å². The lowest BCUT2D eigenvalue weighted by molar-refractivity contribution is -0.136. The molecule has 0 spiro atoms. The Morgan fingerprint density at radius 2 is 1.72 bits per heavy atom. The molecule has 2 N–H and O–H groups in total. The maximum Gasteiger partial charge on any atom is 0.408 e. The lowest BCUT2D eigenvalue weighted by atomic mass is 9.98. The highest BCUT2D eigenvalue weighted by Crippen LogP contribution is 2.19. The van der Waals surface area contributed by atoms with Crippen LogP contribution in [0.4, 0.5) is 16.2 Å². The molecule has 36 heavy (non-hydrogen) atoms. The molecule has 3 rings (SSSR count). The number of amides is 3. The van der Waals surface area contributed by atoms with Crippen LogP contribution in [-0.4, -0.2) is 68.7 Å². The third-order valence-corrected chi connectivity index (χ3v) is 6.25. The van der Waals surface area contributed by atoms with E-state index < -0.39 is 12.1 Å². The van der Waals surface area contributed by atoms with Gasteiger partial charge in [0.15, 0.2) is 0 Å². The quantitative estimate of drug-likeness (QED) is 0.524. The van der Waals surface area contributed by atoms with Gasteiger partial charge in [0.05, 0.1) is 19.8 Å². The van der Waals surface area contributed by atoms with Crippen LogP contribution in [0.2, 0.25) is 0 Å². The molecule has 0 bridgehead atoms. The highest BCUT2D eigenvalue weighted by atomic mass is 16.5. The molecular weight excluding hydrogens is 460 g/mol. The van der Waals surface area contributed by atoms with Gasteiger partial charge in [0.1, 0.15) is 12.6 Å². The molecule has 9 nitrogen and oxygen atoms in total. The first kappa shape index (κ1) is 27.0. The molecular formula is C27H36N4O5. The Balaban J connectivity index is 1.51. The van der Waals surface area contributed by atoms with Crippen molar-refractivity contribution >= 4 is 29.3 Å². The number of hydrogen-bond donors (Lipinski definition) is 2. The van der Waals surface area contributed by atoms with Crippen molar-refractivity contribution in [3.63, 3.8) is 0 Å². The molecule has 0 saturated carbocycles. The van der Waals surface area contributed by atoms with E-state index in [-0.39, 0.29) is 30.9 Å². The molecule has 1 aliphatic rings. The lowest BCUT2D eigenvalue weighted by Crippen LogP contribution is -2.52. The number of alkyl carbamates (subject to hydrolysis) is 1. The van der Waals surface area contributed by atoms with E-state index in [1.165, 1.54) is 4.90 Å². The van der Waals surface area contributed by atoms with Crippen LogP contribution in [0.5, 0.6) is 0 Å². The Labute approximate surface area is 212 Å². The smallest absolute Gasteiger partial charge is 0.408 e. The summed E-state index contributed by atoms with van der Waals surface area (Å²) < 4.78 is 10.7. The zero-order valence-corrected chi connectivity index (χ0v) is 21.2. The predicted octanol–water partition coefficient (Wildman–Crippen LogP) is 3.26. The third-order valence-electron chi connectivity index (χ3n) is 6.25. The van der Waals surface area contributed by atoms with Gasteiger partial charge in [-0.25, -0.2) is 4.79 Å². The van der Waals surface area contributed by atoms with Crippen molar-refractivity contribution < 1.29 is 23.9 Å². The fraction of sp³-hybridized carbons (Fsp3) is 0.444. The minimum Gasteiger partial charge on any atom is -0.445 e. The van der Waals surface area contributed by atoms with Gasteiger partial charge in [0.2, 0.25) is 11.8 Å². The fourth-order valence-corrected chi connectivity index (χ4v) is 3.88. The monoisotopic (exact) mass is 496 g/mol. The van der Waals surface area contributed by atoms with Crippen LogP contribution in [-0.2, 0) is 25.7 Å². The summed E-state index contributed by atoms with van der Waals surface area (Å²) >= 11 is 0. The molecule has 2 atom stereocenters. The van der Waals surface area contributed by atoms with Crippen molar-refractivity contribution in [2.24, 2.45) is 5.92 Å². The number of benzene rings is 2. The Morgan fingerprint density at radius 3 is 2.36 bits per heavy atom. The van der Waals surface area contributed by atoms with Crippen molar-refractivity contribution in [2.75, 3.05) is 50.1 Å². The van der Waals surface area contributed by atoms with Gasteiger partial charge in [-0.15, -0.1) is 0 Å². The molecule has 1 fully saturated rings. The summed E-state index contributed by atoms with van der Waals surface area (Å²) in [5, 5.41) is 5.51. The molecule has 1 heterocycles. The van der Waals surface area contributed by atoms with E-state index in [4.69, 9.17) is 9.47 Å². The van der Waals surface area contributed by atoms with Crippen molar-refractivity contribution in [2.45, 2.75) is 32.9 Å². The lowest BCUT2D eigenvalue weighted by Gasteiger charge is -2.29. The number of rotatable bonds is 10. The Hall–Kier alpha value is -3.59. The number of nitrogens with zero attached hydrogens (tertiary/aromatic N) is 2. The van der Waals surface area contributed by atoms with Gasteiger partial charge in [0, 0.05) is 31.5 Å². The maximum atomic E-state index is 13.1. The summed E-state index contributed by atoms with van der Waals surface area (Å²) in [6.45, 7) is 6.87. The van der Waals surface area contributed by atoms with Crippen molar-refractivity contribution in [1.29, 1.82) is 0 Å². The van der Waals surface area contributed by atoms with E-state index in [1.807, 2.05) is 68.4 Å². The second-order valence-electron chi connectivity index (χ2n) is 8.96. The highest BCUT2D eigenvalue weighted by Gasteiger charge is 2.30. The summed E-state index contributed by atoms with van der Waals surface area (Å²) in [5.74, 6) is -0.807. The van der Waals surface area contributed by atoms with Crippen molar-refractivity contribution in [1.82, 2.24) is 10.2 Å². The Kier molecular flexibility index (Phi) is 10.1. The first-order valence-electron chi connectivity index (χ1n) is 12.3. The van der Waals surface area contributed by atoms with Crippen LogP contribution in [0.15, 0.2) is 54.6 Å². The second kappa shape index (κ2) is 13.5. The summed E-state index contributed by atoms with van der Waals surface area (Å²) in [6, 6.07) is 16.1. The first-order chi connectivity index (χ1) is 17.4. The van der Waals surface area contributed by atoms with Gasteiger partial charge >= 0.3 is 6.09 Å². The Morgan fingerprint density at radius 1 is 1.06 bits per heavy atom. The molecule has 2 aromatic carbocycles. The number of likely N-dealkylation sites (N-methyl/N-ethyl adjacent to an activating group) is 1. The van der Waals surface area contributed by atoms with Gasteiger partial charge in [-0.3, -0.25) is 9.59 Å². The molecule has 1 aliphatic heterocycles. The molecule has 9 heteroatoms. The minimum absolute atomic E-state index is 0.108. The van der Waals surface area contributed by atoms with Crippen LogP contribution in [0.3, 0.4) is 0 Å². The number of carbonyl (C=O) groups excluding carboxylic acids is 3. The number of hydrogen-bond acceptors (Lipinski definition) is 6. The van der Waals surface area contributed by atoms with Crippen molar-refractivity contribution in [3.8, 4) is 0 Å². The molecule has 0 radical (unpaired) electrons. The van der Waals surface area contributed by atoms with E-state index in [1.54, 1.807) is 7.05 Å². The molecule has 2 aromatic rings. The van der Waals surface area contributed by atoms with Crippen LogP contribution >= 0.6 is 0 Å². The van der Waals surface area contributed by atoms with E-state index in [9.17, 15) is 14.4 Å². The summed E-state index contributed by atoms with van der Waals surface area (Å²) in [7, 11) is 1.55. The number of carbonyl (C=O) groups is 3. The summed E-state index contributed by atoms with van der Waals surface area (Å²) in [4.78, 5) is 41.7. The van der Waals surface area contributed by atoms with Crippen LogP contribution in [0.25, 0.3) is 0 Å². The molecule has 0 aromatic heterocycles. The van der Waals surface area contributed by atoms with E-state index in [2.05, 4.69) is 15.5 Å². The topological polar surface area (TPSA) is 100 Å². The minimum atomic E-state index is -0.802. The van der Waals surface area contributed by atoms with Gasteiger partial charge in [-0.2, -0.15) is 0 Å². The molecule has 3 amide bonds. The maximum absolute atomic E-state index is 13.1. The zero-order chi connectivity index (χ0) is 25.9. The molecule has 0 aliphatic carbocycles. The van der Waals surface area contributed by atoms with Crippen LogP contribution < -0.4 is 15.5 Å². The third kappa shape index (κ3) is 7.98. The number of ether oxygens (including phenoxy) is 2. The van der Waals surface area contributed by atoms with Crippen LogP contribution in [0.1, 0.15) is 25.8 Å². The zero-order valence-electron chi connectivity index (χ0n) is 21.2. The van der Waals surface area contributed by atoms with Gasteiger partial charge in [-0.05, 0) is 35.7 Å². The van der Waals surface area contributed by atoms with E-state index in [0.717, 1.165) is 24.3 Å². The molecule has 194 valence electrons. The van der Waals surface area contributed by atoms with E-state index >= 15 is 0 Å². The SMILES string of the molecule is CC[C@H](C)[C@H](NC(=O)OCc1ccccc1)C(=O)N(C)CC(=O)Nc1ccc(N2CCOCC2)cc1. The number of morpholine rings is 1. The van der Waals surface area contributed by atoms with Crippen LogP contribution in [0, 0.1) is 5.92 Å². The number of nitrogens with one attached hydrogen (secondary N) is 2. The first-order valence-corrected chi connectivity index (χ1v) is 12.3. The summed E-state index contributed by atoms with van der Waals surface area (Å²) in [6.07, 6.45) is 0.000891. The predicted molar refractivity (Wildman–Crippen MR) is 139 cm³/mol. The van der Waals surface area contributed by atoms with Gasteiger partial charge in [0.25, 0.3) is 0 Å². The average Bonchev–Trinajstić information content (AvgIpc) is 2.91. The largest absolute Gasteiger partial charge is 0.445 e. The molecule has 0 unspecified atom stereocenters. The highest BCUT2D eigenvalue weighted by molar-refractivity contribution is 5.95. The normalized spacial score (nSPS) is 14.9.